The minimum absolute atomic E-state index is 0.498. The van der Waals surface area contributed by atoms with Gasteiger partial charge in [-0.1, -0.05) is 35.7 Å². The zero-order chi connectivity index (χ0) is 23.5. The van der Waals surface area contributed by atoms with E-state index in [1.54, 1.807) is 0 Å². The van der Waals surface area contributed by atoms with Gasteiger partial charge in [0.15, 0.2) is 0 Å². The molecule has 0 radical (unpaired) electrons. The summed E-state index contributed by atoms with van der Waals surface area (Å²) in [5, 5.41) is 12.1. The number of pyridine rings is 1. The zero-order valence-corrected chi connectivity index (χ0v) is 20.1. The molecule has 0 atom stereocenters. The maximum absolute atomic E-state index is 10.1. The number of benzene rings is 2. The van der Waals surface area contributed by atoms with Crippen LogP contribution >= 0.6 is 11.6 Å². The second kappa shape index (κ2) is 9.64. The third-order valence-electron chi connectivity index (χ3n) is 6.64. The number of rotatable bonds is 4. The predicted molar refractivity (Wildman–Crippen MR) is 139 cm³/mol. The SMILES string of the molecule is CC1(O)CCN(CCn2ccc3cc(C#Cc4ccc(-c5ccc(Cl)cc5)cn4)ccc32)CC1. The highest BCUT2D eigenvalue weighted by Gasteiger charge is 2.26. The molecule has 0 bridgehead atoms. The number of hydrogen-bond donors (Lipinski definition) is 1. The molecule has 0 amide bonds. The molecule has 3 heterocycles. The van der Waals surface area contributed by atoms with Gasteiger partial charge >= 0.3 is 0 Å². The number of fused-ring (bicyclic) bond motifs is 1. The van der Waals surface area contributed by atoms with E-state index in [0.717, 1.165) is 66.4 Å². The average molecular weight is 470 g/mol. The molecule has 5 rings (SSSR count). The van der Waals surface area contributed by atoms with Crippen LogP contribution in [0.1, 0.15) is 31.0 Å². The van der Waals surface area contributed by atoms with Crippen molar-refractivity contribution >= 4 is 22.5 Å². The molecule has 2 aromatic heterocycles. The highest BCUT2D eigenvalue weighted by atomic mass is 35.5. The number of likely N-dealkylation sites (tertiary alicyclic amines) is 1. The van der Waals surface area contributed by atoms with Gasteiger partial charge in [-0.3, -0.25) is 0 Å². The largest absolute Gasteiger partial charge is 0.390 e. The Bertz CT molecular complexity index is 1330. The summed E-state index contributed by atoms with van der Waals surface area (Å²) in [6.07, 6.45) is 5.69. The minimum Gasteiger partial charge on any atom is -0.390 e. The van der Waals surface area contributed by atoms with E-state index in [1.807, 2.05) is 49.5 Å². The second-order valence-electron chi connectivity index (χ2n) is 9.31. The molecule has 1 saturated heterocycles. The zero-order valence-electron chi connectivity index (χ0n) is 19.3. The molecular formula is C29H28ClN3O. The van der Waals surface area contributed by atoms with E-state index >= 15 is 0 Å². The summed E-state index contributed by atoms with van der Waals surface area (Å²) in [5.41, 5.74) is 4.57. The first kappa shape index (κ1) is 22.7. The quantitative estimate of drug-likeness (QED) is 0.395. The van der Waals surface area contributed by atoms with Gasteiger partial charge in [0.1, 0.15) is 5.69 Å². The molecule has 4 nitrogen and oxygen atoms in total. The van der Waals surface area contributed by atoms with Crippen LogP contribution < -0.4 is 0 Å². The van der Waals surface area contributed by atoms with Gasteiger partial charge in [-0.15, -0.1) is 0 Å². The first-order valence-corrected chi connectivity index (χ1v) is 12.1. The van der Waals surface area contributed by atoms with Crippen LogP contribution in [0.15, 0.2) is 73.1 Å². The Hall–Kier alpha value is -3.10. The minimum atomic E-state index is -0.498. The molecule has 34 heavy (non-hydrogen) atoms. The third kappa shape index (κ3) is 5.34. The van der Waals surface area contributed by atoms with E-state index in [0.29, 0.717) is 0 Å². The van der Waals surface area contributed by atoms with Crippen LogP contribution in [-0.4, -0.2) is 44.8 Å². The molecule has 0 unspecified atom stereocenters. The van der Waals surface area contributed by atoms with E-state index in [1.165, 1.54) is 10.9 Å². The standard InChI is InChI=1S/C29H28ClN3O/c1-29(34)13-16-32(17-14-29)18-19-33-15-12-24-20-22(3-11-28(24)33)2-9-27-10-6-25(21-31-27)23-4-7-26(30)8-5-23/h3-8,10-12,15,20-21,34H,13-14,16-19H2,1H3. The van der Waals surface area contributed by atoms with Gasteiger partial charge in [-0.2, -0.15) is 0 Å². The lowest BCUT2D eigenvalue weighted by atomic mass is 9.94. The summed E-state index contributed by atoms with van der Waals surface area (Å²) in [5.74, 6) is 6.43. The van der Waals surface area contributed by atoms with Gasteiger partial charge in [0.05, 0.1) is 5.60 Å². The van der Waals surface area contributed by atoms with E-state index in [4.69, 9.17) is 11.6 Å². The van der Waals surface area contributed by atoms with Crippen molar-refractivity contribution in [3.8, 4) is 23.0 Å². The van der Waals surface area contributed by atoms with Crippen LogP contribution in [-0.2, 0) is 6.54 Å². The Morgan fingerprint density at radius 1 is 0.941 bits per heavy atom. The van der Waals surface area contributed by atoms with E-state index in [2.05, 4.69) is 56.8 Å². The summed E-state index contributed by atoms with van der Waals surface area (Å²) in [4.78, 5) is 6.95. The van der Waals surface area contributed by atoms with Crippen molar-refractivity contribution in [1.82, 2.24) is 14.5 Å². The summed E-state index contributed by atoms with van der Waals surface area (Å²) in [6, 6.07) is 20.2. The normalized spacial score (nSPS) is 15.7. The third-order valence-corrected chi connectivity index (χ3v) is 6.89. The molecule has 172 valence electrons. The first-order chi connectivity index (χ1) is 16.4. The highest BCUT2D eigenvalue weighted by molar-refractivity contribution is 6.30. The number of aliphatic hydroxyl groups is 1. The number of aromatic nitrogens is 2. The molecule has 0 saturated carbocycles. The Balaban J connectivity index is 1.24. The Morgan fingerprint density at radius 3 is 2.44 bits per heavy atom. The van der Waals surface area contributed by atoms with Gasteiger partial charge in [0, 0.05) is 65.6 Å². The van der Waals surface area contributed by atoms with Crippen molar-refractivity contribution in [2.45, 2.75) is 31.9 Å². The van der Waals surface area contributed by atoms with Gasteiger partial charge in [0.2, 0.25) is 0 Å². The molecule has 4 aromatic rings. The van der Waals surface area contributed by atoms with E-state index in [9.17, 15) is 5.11 Å². The molecule has 0 spiro atoms. The smallest absolute Gasteiger partial charge is 0.113 e. The fourth-order valence-electron chi connectivity index (χ4n) is 4.40. The van der Waals surface area contributed by atoms with Gasteiger partial charge in [-0.05, 0) is 73.7 Å². The molecule has 1 N–H and O–H groups in total. The molecular weight excluding hydrogens is 442 g/mol. The molecule has 5 heteroatoms. The summed E-state index contributed by atoms with van der Waals surface area (Å²) < 4.78 is 2.30. The maximum atomic E-state index is 10.1. The Labute approximate surface area is 205 Å². The maximum Gasteiger partial charge on any atom is 0.113 e. The molecule has 1 fully saturated rings. The summed E-state index contributed by atoms with van der Waals surface area (Å²) in [6.45, 7) is 5.80. The van der Waals surface area contributed by atoms with Crippen molar-refractivity contribution in [2.75, 3.05) is 19.6 Å². The van der Waals surface area contributed by atoms with Crippen molar-refractivity contribution in [1.29, 1.82) is 0 Å². The van der Waals surface area contributed by atoms with Crippen molar-refractivity contribution in [3.63, 3.8) is 0 Å². The van der Waals surface area contributed by atoms with E-state index in [-0.39, 0.29) is 0 Å². The van der Waals surface area contributed by atoms with Crippen LogP contribution in [0.2, 0.25) is 5.02 Å². The lowest BCUT2D eigenvalue weighted by Crippen LogP contribution is -2.43. The van der Waals surface area contributed by atoms with Crippen LogP contribution in [0.3, 0.4) is 0 Å². The van der Waals surface area contributed by atoms with Crippen molar-refractivity contribution in [3.05, 3.63) is 89.3 Å². The molecule has 1 aliphatic rings. The summed E-state index contributed by atoms with van der Waals surface area (Å²) >= 11 is 5.97. The van der Waals surface area contributed by atoms with Crippen LogP contribution in [0.4, 0.5) is 0 Å². The van der Waals surface area contributed by atoms with Crippen molar-refractivity contribution in [2.24, 2.45) is 0 Å². The second-order valence-corrected chi connectivity index (χ2v) is 9.75. The Morgan fingerprint density at radius 2 is 1.71 bits per heavy atom. The van der Waals surface area contributed by atoms with Crippen LogP contribution in [0.25, 0.3) is 22.0 Å². The topological polar surface area (TPSA) is 41.3 Å². The fraction of sp³-hybridized carbons (Fsp3) is 0.276. The van der Waals surface area contributed by atoms with Gasteiger partial charge < -0.3 is 14.6 Å². The van der Waals surface area contributed by atoms with Crippen LogP contribution in [0.5, 0.6) is 0 Å². The molecule has 0 aliphatic carbocycles. The first-order valence-electron chi connectivity index (χ1n) is 11.7. The fourth-order valence-corrected chi connectivity index (χ4v) is 4.52. The lowest BCUT2D eigenvalue weighted by molar-refractivity contribution is -0.00583. The predicted octanol–water partition coefficient (Wildman–Crippen LogP) is 5.60. The van der Waals surface area contributed by atoms with Gasteiger partial charge in [0.25, 0.3) is 0 Å². The van der Waals surface area contributed by atoms with Crippen LogP contribution in [0, 0.1) is 11.8 Å². The lowest BCUT2D eigenvalue weighted by Gasteiger charge is -2.35. The average Bonchev–Trinajstić information content (AvgIpc) is 3.25. The number of halogens is 1. The number of nitrogens with zero attached hydrogens (tertiary/aromatic N) is 3. The molecule has 2 aromatic carbocycles. The number of piperidine rings is 1. The number of hydrogen-bond acceptors (Lipinski definition) is 3. The highest BCUT2D eigenvalue weighted by Crippen LogP contribution is 2.23. The Kier molecular flexibility index (Phi) is 6.43. The van der Waals surface area contributed by atoms with Crippen molar-refractivity contribution < 1.29 is 5.11 Å². The van der Waals surface area contributed by atoms with Gasteiger partial charge in [-0.25, -0.2) is 4.98 Å². The molecule has 1 aliphatic heterocycles. The monoisotopic (exact) mass is 469 g/mol. The van der Waals surface area contributed by atoms with E-state index < -0.39 is 5.60 Å². The summed E-state index contributed by atoms with van der Waals surface area (Å²) in [7, 11) is 0.